The topological polar surface area (TPSA) is 54.0 Å². The van der Waals surface area contributed by atoms with Crippen LogP contribution in [0.1, 0.15) is 11.1 Å². The lowest BCUT2D eigenvalue weighted by Gasteiger charge is -2.18. The molecule has 0 bridgehead atoms. The summed E-state index contributed by atoms with van der Waals surface area (Å²) in [4.78, 5) is 15.8. The van der Waals surface area contributed by atoms with E-state index in [0.717, 1.165) is 11.1 Å². The van der Waals surface area contributed by atoms with Crippen LogP contribution in [0.3, 0.4) is 0 Å². The first-order chi connectivity index (χ1) is 10.1. The van der Waals surface area contributed by atoms with E-state index in [0.29, 0.717) is 23.5 Å². The van der Waals surface area contributed by atoms with Gasteiger partial charge in [-0.25, -0.2) is 9.18 Å². The normalized spacial score (nSPS) is 14.2. The summed E-state index contributed by atoms with van der Waals surface area (Å²) in [5.41, 5.74) is 3.63. The fourth-order valence-electron chi connectivity index (χ4n) is 2.29. The number of nitrogens with one attached hydrogen (secondary N) is 2. The lowest BCUT2D eigenvalue weighted by Crippen LogP contribution is -2.38. The molecule has 2 heterocycles. The molecule has 0 radical (unpaired) electrons. The maximum Gasteiger partial charge on any atom is 0.319 e. The molecule has 3 rings (SSSR count). The first kappa shape index (κ1) is 13.3. The van der Waals surface area contributed by atoms with Gasteiger partial charge in [0.05, 0.1) is 5.69 Å². The molecule has 2 aromatic rings. The van der Waals surface area contributed by atoms with Crippen molar-refractivity contribution in [3.63, 3.8) is 0 Å². The van der Waals surface area contributed by atoms with E-state index in [1.54, 1.807) is 25.3 Å². The predicted molar refractivity (Wildman–Crippen MR) is 78.9 cm³/mol. The number of hydrogen-bond acceptors (Lipinski definition) is 2. The van der Waals surface area contributed by atoms with Crippen LogP contribution in [0.2, 0.25) is 0 Å². The summed E-state index contributed by atoms with van der Waals surface area (Å²) < 4.78 is 13.4. The average molecular weight is 283 g/mol. The summed E-state index contributed by atoms with van der Waals surface area (Å²) in [6.45, 7) is 2.19. The van der Waals surface area contributed by atoms with Gasteiger partial charge in [-0.05, 0) is 48.9 Å². The fraction of sp³-hybridized carbons (Fsp3) is 0.125. The van der Waals surface area contributed by atoms with Crippen molar-refractivity contribution in [2.45, 2.75) is 6.92 Å². The zero-order chi connectivity index (χ0) is 14.8. The molecule has 2 N–H and O–H groups in total. The molecular weight excluding hydrogens is 269 g/mol. The maximum absolute atomic E-state index is 13.4. The minimum absolute atomic E-state index is 0.238. The largest absolute Gasteiger partial charge is 0.334 e. The number of aromatic nitrogens is 1. The quantitative estimate of drug-likeness (QED) is 0.890. The third-order valence-electron chi connectivity index (χ3n) is 3.35. The molecule has 0 aliphatic carbocycles. The van der Waals surface area contributed by atoms with Crippen molar-refractivity contribution in [2.24, 2.45) is 0 Å². The fourth-order valence-corrected chi connectivity index (χ4v) is 2.29. The van der Waals surface area contributed by atoms with E-state index in [2.05, 4.69) is 15.6 Å². The SMILES string of the molecule is Cc1cc(-c2ncccc2C2=CCNC(=O)N2)ccc1F. The van der Waals surface area contributed by atoms with Gasteiger partial charge in [0.1, 0.15) is 5.82 Å². The van der Waals surface area contributed by atoms with Gasteiger partial charge in [-0.15, -0.1) is 0 Å². The Labute approximate surface area is 121 Å². The lowest BCUT2D eigenvalue weighted by molar-refractivity contribution is 0.245. The van der Waals surface area contributed by atoms with E-state index in [4.69, 9.17) is 0 Å². The molecule has 0 saturated carbocycles. The van der Waals surface area contributed by atoms with Gasteiger partial charge in [0.2, 0.25) is 0 Å². The van der Waals surface area contributed by atoms with Gasteiger partial charge in [-0.3, -0.25) is 4.98 Å². The highest BCUT2D eigenvalue weighted by Gasteiger charge is 2.16. The summed E-state index contributed by atoms with van der Waals surface area (Å²) >= 11 is 0. The van der Waals surface area contributed by atoms with Gasteiger partial charge in [0.25, 0.3) is 0 Å². The number of hydrogen-bond donors (Lipinski definition) is 2. The first-order valence-corrected chi connectivity index (χ1v) is 6.62. The van der Waals surface area contributed by atoms with Crippen LogP contribution in [0.15, 0.2) is 42.6 Å². The second-order valence-corrected chi connectivity index (χ2v) is 4.82. The molecule has 1 aromatic carbocycles. The zero-order valence-corrected chi connectivity index (χ0v) is 11.5. The van der Waals surface area contributed by atoms with Gasteiger partial charge in [-0.2, -0.15) is 0 Å². The van der Waals surface area contributed by atoms with Crippen molar-refractivity contribution in [1.82, 2.24) is 15.6 Å². The van der Waals surface area contributed by atoms with Crippen molar-refractivity contribution in [2.75, 3.05) is 6.54 Å². The Kier molecular flexibility index (Phi) is 3.39. The summed E-state index contributed by atoms with van der Waals surface area (Å²) in [6.07, 6.45) is 3.57. The summed E-state index contributed by atoms with van der Waals surface area (Å²) in [6, 6.07) is 8.33. The maximum atomic E-state index is 13.4. The van der Waals surface area contributed by atoms with E-state index in [1.165, 1.54) is 6.07 Å². The zero-order valence-electron chi connectivity index (χ0n) is 11.5. The molecule has 0 fully saturated rings. The molecule has 0 spiro atoms. The number of carbonyl (C=O) groups excluding carboxylic acids is 1. The third-order valence-corrected chi connectivity index (χ3v) is 3.35. The summed E-state index contributed by atoms with van der Waals surface area (Å²) in [7, 11) is 0. The molecule has 21 heavy (non-hydrogen) atoms. The Morgan fingerprint density at radius 3 is 2.90 bits per heavy atom. The second kappa shape index (κ2) is 5.36. The molecular formula is C16H14FN3O. The van der Waals surface area contributed by atoms with Crippen LogP contribution in [-0.4, -0.2) is 17.6 Å². The van der Waals surface area contributed by atoms with Crippen molar-refractivity contribution in [1.29, 1.82) is 0 Å². The molecule has 1 aromatic heterocycles. The van der Waals surface area contributed by atoms with Gasteiger partial charge >= 0.3 is 6.03 Å². The Balaban J connectivity index is 2.09. The van der Waals surface area contributed by atoms with Crippen LogP contribution in [-0.2, 0) is 0 Å². The van der Waals surface area contributed by atoms with Crippen molar-refractivity contribution in [3.05, 3.63) is 59.5 Å². The number of aryl methyl sites for hydroxylation is 1. The number of urea groups is 1. The number of amides is 2. The number of halogens is 1. The van der Waals surface area contributed by atoms with Crippen LogP contribution in [0.4, 0.5) is 9.18 Å². The Bertz CT molecular complexity index is 740. The van der Waals surface area contributed by atoms with Crippen LogP contribution in [0.25, 0.3) is 17.0 Å². The minimum Gasteiger partial charge on any atom is -0.334 e. The lowest BCUT2D eigenvalue weighted by atomic mass is 10.0. The summed E-state index contributed by atoms with van der Waals surface area (Å²) in [5, 5.41) is 5.43. The standard InChI is InChI=1S/C16H14FN3O/c1-10-9-11(4-5-13(10)17)15-12(3-2-7-18-15)14-6-8-19-16(21)20-14/h2-7,9H,8H2,1H3,(H2,19,20,21). The number of nitrogens with zero attached hydrogens (tertiary/aromatic N) is 1. The van der Waals surface area contributed by atoms with Crippen LogP contribution < -0.4 is 10.6 Å². The third kappa shape index (κ3) is 2.63. The monoisotopic (exact) mass is 283 g/mol. The number of pyridine rings is 1. The Morgan fingerprint density at radius 1 is 1.29 bits per heavy atom. The Morgan fingerprint density at radius 2 is 2.14 bits per heavy atom. The van der Waals surface area contributed by atoms with Gasteiger partial charge in [0, 0.05) is 29.6 Å². The Hall–Kier alpha value is -2.69. The highest BCUT2D eigenvalue weighted by Crippen LogP contribution is 2.27. The average Bonchev–Trinajstić information content (AvgIpc) is 2.50. The van der Waals surface area contributed by atoms with Gasteiger partial charge < -0.3 is 10.6 Å². The number of carbonyl (C=O) groups is 1. The molecule has 106 valence electrons. The van der Waals surface area contributed by atoms with Gasteiger partial charge in [-0.1, -0.05) is 0 Å². The highest BCUT2D eigenvalue weighted by molar-refractivity contribution is 5.90. The van der Waals surface area contributed by atoms with E-state index in [1.807, 2.05) is 18.2 Å². The molecule has 4 nitrogen and oxygen atoms in total. The van der Waals surface area contributed by atoms with E-state index in [-0.39, 0.29) is 11.8 Å². The van der Waals surface area contributed by atoms with E-state index >= 15 is 0 Å². The molecule has 2 amide bonds. The van der Waals surface area contributed by atoms with Crippen molar-refractivity contribution < 1.29 is 9.18 Å². The van der Waals surface area contributed by atoms with Crippen LogP contribution >= 0.6 is 0 Å². The summed E-state index contributed by atoms with van der Waals surface area (Å²) in [5.74, 6) is -0.245. The van der Waals surface area contributed by atoms with Crippen molar-refractivity contribution >= 4 is 11.7 Å². The molecule has 1 aliphatic heterocycles. The number of rotatable bonds is 2. The smallest absolute Gasteiger partial charge is 0.319 e. The predicted octanol–water partition coefficient (Wildman–Crippen LogP) is 2.85. The van der Waals surface area contributed by atoms with Gasteiger partial charge in [0.15, 0.2) is 0 Å². The first-order valence-electron chi connectivity index (χ1n) is 6.62. The molecule has 1 aliphatic rings. The molecule has 0 saturated heterocycles. The minimum atomic E-state index is -0.245. The molecule has 0 atom stereocenters. The molecule has 5 heteroatoms. The second-order valence-electron chi connectivity index (χ2n) is 4.82. The highest BCUT2D eigenvalue weighted by atomic mass is 19.1. The van der Waals surface area contributed by atoms with E-state index in [9.17, 15) is 9.18 Å². The van der Waals surface area contributed by atoms with Crippen molar-refractivity contribution in [3.8, 4) is 11.3 Å². The number of benzene rings is 1. The van der Waals surface area contributed by atoms with Crippen LogP contribution in [0.5, 0.6) is 0 Å². The van der Waals surface area contributed by atoms with E-state index < -0.39 is 0 Å². The van der Waals surface area contributed by atoms with Crippen LogP contribution in [0, 0.1) is 12.7 Å². The molecule has 0 unspecified atom stereocenters.